The van der Waals surface area contributed by atoms with Gasteiger partial charge in [0.2, 0.25) is 15.9 Å². The van der Waals surface area contributed by atoms with Crippen LogP contribution in [-0.2, 0) is 16.2 Å². The summed E-state index contributed by atoms with van der Waals surface area (Å²) >= 11 is 0. The Morgan fingerprint density at radius 1 is 1.00 bits per heavy atom. The van der Waals surface area contributed by atoms with Crippen LogP contribution in [0.25, 0.3) is 22.3 Å². The Morgan fingerprint density at radius 2 is 1.58 bits per heavy atom. The molecule has 31 heavy (non-hydrogen) atoms. The number of hydrogen-bond acceptors (Lipinski definition) is 4. The molecule has 5 nitrogen and oxygen atoms in total. The lowest BCUT2D eigenvalue weighted by Gasteiger charge is -2.19. The van der Waals surface area contributed by atoms with E-state index in [0.717, 1.165) is 12.1 Å². The number of sulfonamides is 1. The quantitative estimate of drug-likeness (QED) is 0.531. The highest BCUT2D eigenvalue weighted by Crippen LogP contribution is 2.43. The van der Waals surface area contributed by atoms with E-state index in [1.54, 1.807) is 6.92 Å². The lowest BCUT2D eigenvalue weighted by molar-refractivity contribution is -0.140. The summed E-state index contributed by atoms with van der Waals surface area (Å²) in [7, 11) is -3.98. The molecule has 3 rings (SSSR count). The van der Waals surface area contributed by atoms with Crippen LogP contribution >= 0.6 is 0 Å². The average molecular weight is 454 g/mol. The van der Waals surface area contributed by atoms with Crippen LogP contribution < -0.4 is 9.88 Å². The maximum absolute atomic E-state index is 13.9. The van der Waals surface area contributed by atoms with Gasteiger partial charge in [-0.05, 0) is 47.4 Å². The number of halogens is 4. The Kier molecular flexibility index (Phi) is 6.33. The van der Waals surface area contributed by atoms with Crippen molar-refractivity contribution in [3.8, 4) is 28.1 Å². The molecule has 1 aromatic heterocycles. The Balaban J connectivity index is 2.31. The standard InChI is InChI=1S/C21H18F4N2O3S/c1-2-11-30-18-12-17(13-5-9-16(10-6-13)31(26,28)29)19(20(27-18)21(23,24)25)14-3-7-15(22)8-4-14/h3-10,12H,2,11H2,1H3,(H2,26,28,29). The molecule has 2 aromatic carbocycles. The smallest absolute Gasteiger partial charge is 0.434 e. The Morgan fingerprint density at radius 3 is 2.10 bits per heavy atom. The average Bonchev–Trinajstić information content (AvgIpc) is 2.71. The normalized spacial score (nSPS) is 12.1. The minimum atomic E-state index is -4.83. The minimum absolute atomic E-state index is 0.0915. The molecule has 1 heterocycles. The highest BCUT2D eigenvalue weighted by molar-refractivity contribution is 7.89. The molecule has 0 atom stereocenters. The second-order valence-electron chi connectivity index (χ2n) is 6.65. The molecule has 10 heteroatoms. The fourth-order valence-electron chi connectivity index (χ4n) is 2.97. The topological polar surface area (TPSA) is 82.3 Å². The first-order chi connectivity index (χ1) is 14.5. The van der Waals surface area contributed by atoms with Crippen LogP contribution in [0.3, 0.4) is 0 Å². The summed E-state index contributed by atoms with van der Waals surface area (Å²) < 4.78 is 83.6. The minimum Gasteiger partial charge on any atom is -0.478 e. The van der Waals surface area contributed by atoms with Crippen LogP contribution in [0, 0.1) is 5.82 Å². The van der Waals surface area contributed by atoms with Crippen LogP contribution in [0.2, 0.25) is 0 Å². The molecule has 0 aliphatic heterocycles. The number of aromatic nitrogens is 1. The molecule has 0 aliphatic rings. The van der Waals surface area contributed by atoms with Gasteiger partial charge in [-0.15, -0.1) is 0 Å². The largest absolute Gasteiger partial charge is 0.478 e. The van der Waals surface area contributed by atoms with Crippen LogP contribution in [0.1, 0.15) is 19.0 Å². The Labute approximate surface area is 176 Å². The van der Waals surface area contributed by atoms with E-state index in [2.05, 4.69) is 4.98 Å². The molecule has 0 bridgehead atoms. The SMILES string of the molecule is CCCOc1cc(-c2ccc(S(N)(=O)=O)cc2)c(-c2ccc(F)cc2)c(C(F)(F)F)n1. The zero-order chi connectivity index (χ0) is 22.8. The van der Waals surface area contributed by atoms with Gasteiger partial charge in [-0.2, -0.15) is 13.2 Å². The molecule has 0 amide bonds. The molecule has 0 radical (unpaired) electrons. The van der Waals surface area contributed by atoms with Crippen molar-refractivity contribution in [2.75, 3.05) is 6.61 Å². The summed E-state index contributed by atoms with van der Waals surface area (Å²) in [5.41, 5.74) is -1.01. The monoisotopic (exact) mass is 454 g/mol. The van der Waals surface area contributed by atoms with Crippen molar-refractivity contribution >= 4 is 10.0 Å². The van der Waals surface area contributed by atoms with Crippen molar-refractivity contribution in [3.63, 3.8) is 0 Å². The van der Waals surface area contributed by atoms with E-state index < -0.39 is 27.7 Å². The van der Waals surface area contributed by atoms with Gasteiger partial charge in [-0.3, -0.25) is 0 Å². The number of alkyl halides is 3. The number of benzene rings is 2. The molecule has 0 saturated carbocycles. The number of rotatable bonds is 6. The van der Waals surface area contributed by atoms with E-state index in [0.29, 0.717) is 6.42 Å². The van der Waals surface area contributed by atoms with Gasteiger partial charge in [0, 0.05) is 11.6 Å². The molecule has 0 spiro atoms. The van der Waals surface area contributed by atoms with Gasteiger partial charge in [-0.25, -0.2) is 22.9 Å². The third-order valence-corrected chi connectivity index (χ3v) is 5.27. The molecule has 3 aromatic rings. The second-order valence-corrected chi connectivity index (χ2v) is 8.22. The first kappa shape index (κ1) is 22.7. The number of hydrogen-bond donors (Lipinski definition) is 1. The lowest BCUT2D eigenvalue weighted by atomic mass is 9.93. The summed E-state index contributed by atoms with van der Waals surface area (Å²) in [6, 6.07) is 10.9. The maximum atomic E-state index is 13.9. The Hall–Kier alpha value is -2.98. The first-order valence-electron chi connectivity index (χ1n) is 9.15. The van der Waals surface area contributed by atoms with E-state index in [4.69, 9.17) is 9.88 Å². The summed E-state index contributed by atoms with van der Waals surface area (Å²) in [5.74, 6) is -0.835. The number of ether oxygens (including phenoxy) is 1. The zero-order valence-electron chi connectivity index (χ0n) is 16.3. The maximum Gasteiger partial charge on any atom is 0.434 e. The number of nitrogens with zero attached hydrogens (tertiary/aromatic N) is 1. The molecular weight excluding hydrogens is 436 g/mol. The molecule has 0 unspecified atom stereocenters. The summed E-state index contributed by atoms with van der Waals surface area (Å²) in [4.78, 5) is 3.48. The third kappa shape index (κ3) is 5.20. The van der Waals surface area contributed by atoms with Crippen LogP contribution in [-0.4, -0.2) is 20.0 Å². The van der Waals surface area contributed by atoms with Gasteiger partial charge < -0.3 is 4.74 Å². The number of nitrogens with two attached hydrogens (primary N) is 1. The molecule has 0 aliphatic carbocycles. The van der Waals surface area contributed by atoms with E-state index in [9.17, 15) is 26.0 Å². The predicted molar refractivity (Wildman–Crippen MR) is 107 cm³/mol. The first-order valence-corrected chi connectivity index (χ1v) is 10.7. The fraction of sp³-hybridized carbons (Fsp3) is 0.190. The van der Waals surface area contributed by atoms with Gasteiger partial charge in [0.15, 0.2) is 5.69 Å². The van der Waals surface area contributed by atoms with Crippen molar-refractivity contribution in [2.45, 2.75) is 24.4 Å². The van der Waals surface area contributed by atoms with E-state index in [1.807, 2.05) is 0 Å². The molecule has 164 valence electrons. The summed E-state index contributed by atoms with van der Waals surface area (Å²) in [6.45, 7) is 1.95. The van der Waals surface area contributed by atoms with Crippen LogP contribution in [0.4, 0.5) is 17.6 Å². The number of pyridine rings is 1. The van der Waals surface area contributed by atoms with E-state index >= 15 is 0 Å². The molecular formula is C21H18F4N2O3S. The Bertz CT molecular complexity index is 1180. The highest BCUT2D eigenvalue weighted by atomic mass is 32.2. The predicted octanol–water partition coefficient (Wildman–Crippen LogP) is 5.01. The van der Waals surface area contributed by atoms with E-state index in [-0.39, 0.29) is 39.6 Å². The van der Waals surface area contributed by atoms with Gasteiger partial charge in [0.05, 0.1) is 11.5 Å². The number of primary sulfonamides is 1. The lowest BCUT2D eigenvalue weighted by Crippen LogP contribution is -2.13. The van der Waals surface area contributed by atoms with Gasteiger partial charge >= 0.3 is 6.18 Å². The van der Waals surface area contributed by atoms with Crippen molar-refractivity contribution < 1.29 is 30.7 Å². The third-order valence-electron chi connectivity index (χ3n) is 4.35. The molecule has 2 N–H and O–H groups in total. The van der Waals surface area contributed by atoms with Gasteiger partial charge in [0.25, 0.3) is 0 Å². The van der Waals surface area contributed by atoms with Gasteiger partial charge in [-0.1, -0.05) is 31.2 Å². The van der Waals surface area contributed by atoms with Crippen molar-refractivity contribution in [2.24, 2.45) is 5.14 Å². The fourth-order valence-corrected chi connectivity index (χ4v) is 3.48. The zero-order valence-corrected chi connectivity index (χ0v) is 17.1. The van der Waals surface area contributed by atoms with Crippen molar-refractivity contribution in [3.05, 3.63) is 66.1 Å². The van der Waals surface area contributed by atoms with Gasteiger partial charge in [0.1, 0.15) is 5.82 Å². The van der Waals surface area contributed by atoms with Crippen LogP contribution in [0.5, 0.6) is 5.88 Å². The highest BCUT2D eigenvalue weighted by Gasteiger charge is 2.38. The van der Waals surface area contributed by atoms with Crippen LogP contribution in [0.15, 0.2) is 59.5 Å². The molecule has 0 saturated heterocycles. The molecule has 0 fully saturated rings. The van der Waals surface area contributed by atoms with E-state index in [1.165, 1.54) is 42.5 Å². The van der Waals surface area contributed by atoms with Crippen molar-refractivity contribution in [1.29, 1.82) is 0 Å². The summed E-state index contributed by atoms with van der Waals surface area (Å²) in [5, 5.41) is 5.10. The van der Waals surface area contributed by atoms with Crippen molar-refractivity contribution in [1.82, 2.24) is 4.98 Å². The second kappa shape index (κ2) is 8.64. The summed E-state index contributed by atoms with van der Waals surface area (Å²) in [6.07, 6.45) is -4.27.